The summed E-state index contributed by atoms with van der Waals surface area (Å²) in [6, 6.07) is 0. The molecule has 0 heterocycles. The van der Waals surface area contributed by atoms with Crippen molar-refractivity contribution in [2.24, 2.45) is 0 Å². The van der Waals surface area contributed by atoms with Gasteiger partial charge in [-0.15, -0.1) is 0 Å². The predicted molar refractivity (Wildman–Crippen MR) is 177 cm³/mol. The van der Waals surface area contributed by atoms with Gasteiger partial charge in [0.25, 0.3) is 0 Å². The zero-order valence-corrected chi connectivity index (χ0v) is 28.9. The minimum Gasteiger partial charge on any atom is -0.390 e. The summed E-state index contributed by atoms with van der Waals surface area (Å²) in [5.74, 6) is 0. The van der Waals surface area contributed by atoms with Crippen molar-refractivity contribution in [3.8, 4) is 0 Å². The number of hydrogen-bond acceptors (Lipinski definition) is 10. The van der Waals surface area contributed by atoms with Crippen molar-refractivity contribution >= 4 is 0 Å². The first kappa shape index (κ1) is 41.6. The van der Waals surface area contributed by atoms with Gasteiger partial charge in [0.05, 0.1) is 24.4 Å². The van der Waals surface area contributed by atoms with Gasteiger partial charge in [-0.2, -0.15) is 0 Å². The van der Waals surface area contributed by atoms with Crippen LogP contribution in [0.3, 0.4) is 0 Å². The quantitative estimate of drug-likeness (QED) is 0.0932. The number of rotatable bonds is 29. The summed E-state index contributed by atoms with van der Waals surface area (Å²) in [4.78, 5) is 13.4. The second-order valence-corrected chi connectivity index (χ2v) is 11.8. The van der Waals surface area contributed by atoms with E-state index in [1.807, 2.05) is 0 Å². The Labute approximate surface area is 260 Å². The van der Waals surface area contributed by atoms with Crippen LogP contribution in [0.5, 0.6) is 0 Å². The molecule has 0 spiro atoms. The van der Waals surface area contributed by atoms with Crippen molar-refractivity contribution in [2.45, 2.75) is 92.6 Å². The third-order valence-corrected chi connectivity index (χ3v) is 8.53. The van der Waals surface area contributed by atoms with Crippen molar-refractivity contribution < 1.29 is 20.4 Å². The summed E-state index contributed by atoms with van der Waals surface area (Å²) in [5.41, 5.74) is 0. The van der Waals surface area contributed by atoms with Crippen LogP contribution in [0.2, 0.25) is 0 Å². The molecule has 4 unspecified atom stereocenters. The fourth-order valence-electron chi connectivity index (χ4n) is 5.73. The van der Waals surface area contributed by atoms with Gasteiger partial charge in [-0.1, -0.05) is 55.4 Å². The molecular formula is C32H72N6O4. The Morgan fingerprint density at radius 3 is 0.643 bits per heavy atom. The molecule has 0 bridgehead atoms. The van der Waals surface area contributed by atoms with E-state index in [2.05, 4.69) is 84.8 Å². The lowest BCUT2D eigenvalue weighted by molar-refractivity contribution is 0.0334. The molecule has 254 valence electrons. The molecule has 10 heteroatoms. The Morgan fingerprint density at radius 1 is 0.310 bits per heavy atom. The standard InChI is InChI=1S/C32H72N6O4/c1-9-33(10-2)21-29(39)25-37(26-30(40)22-34(11-3)12-4)19-17-18-20-38(27-31(41)23-35(13-5)14-6)28-32(42)24-36(15-7)16-8/h29-32,39-42H,9-28H2,1-8H3. The largest absolute Gasteiger partial charge is 0.390 e. The highest BCUT2D eigenvalue weighted by Gasteiger charge is 2.21. The van der Waals surface area contributed by atoms with E-state index in [4.69, 9.17) is 0 Å². The highest BCUT2D eigenvalue weighted by Crippen LogP contribution is 2.07. The van der Waals surface area contributed by atoms with Crippen LogP contribution in [0.25, 0.3) is 0 Å². The highest BCUT2D eigenvalue weighted by molar-refractivity contribution is 4.76. The van der Waals surface area contributed by atoms with E-state index in [0.29, 0.717) is 52.4 Å². The number of likely N-dealkylation sites (N-methyl/N-ethyl adjacent to an activating group) is 4. The van der Waals surface area contributed by atoms with E-state index < -0.39 is 24.4 Å². The molecule has 0 amide bonds. The Bertz CT molecular complexity index is 497. The van der Waals surface area contributed by atoms with Crippen molar-refractivity contribution in [3.63, 3.8) is 0 Å². The lowest BCUT2D eigenvalue weighted by Gasteiger charge is -2.32. The van der Waals surface area contributed by atoms with Crippen LogP contribution < -0.4 is 0 Å². The molecule has 4 N–H and O–H groups in total. The molecule has 0 saturated carbocycles. The van der Waals surface area contributed by atoms with Gasteiger partial charge < -0.3 is 40.0 Å². The number of aliphatic hydroxyl groups excluding tert-OH is 4. The Hall–Kier alpha value is -0.400. The molecule has 0 radical (unpaired) electrons. The van der Waals surface area contributed by atoms with Gasteiger partial charge in [0.2, 0.25) is 0 Å². The molecule has 0 rings (SSSR count). The number of nitrogens with zero attached hydrogens (tertiary/aromatic N) is 6. The molecule has 0 aromatic carbocycles. The molecule has 4 atom stereocenters. The van der Waals surface area contributed by atoms with Crippen LogP contribution in [0.4, 0.5) is 0 Å². The Balaban J connectivity index is 5.27. The molecule has 0 fully saturated rings. The molecule has 0 aromatic heterocycles. The molecule has 10 nitrogen and oxygen atoms in total. The maximum Gasteiger partial charge on any atom is 0.0793 e. The summed E-state index contributed by atoms with van der Waals surface area (Å²) in [6.07, 6.45) is -0.0183. The van der Waals surface area contributed by atoms with Gasteiger partial charge >= 0.3 is 0 Å². The first-order valence-corrected chi connectivity index (χ1v) is 17.1. The second-order valence-electron chi connectivity index (χ2n) is 11.8. The van der Waals surface area contributed by atoms with Crippen LogP contribution in [-0.2, 0) is 0 Å². The third-order valence-electron chi connectivity index (χ3n) is 8.53. The summed E-state index contributed by atoms with van der Waals surface area (Å²) >= 11 is 0. The molecule has 0 aliphatic rings. The minimum absolute atomic E-state index is 0.465. The topological polar surface area (TPSA) is 100 Å². The van der Waals surface area contributed by atoms with Gasteiger partial charge in [0, 0.05) is 52.4 Å². The first-order chi connectivity index (χ1) is 20.1. The fourth-order valence-corrected chi connectivity index (χ4v) is 5.73. The lowest BCUT2D eigenvalue weighted by atomic mass is 10.2. The van der Waals surface area contributed by atoms with Gasteiger partial charge in [-0.05, 0) is 78.3 Å². The van der Waals surface area contributed by atoms with E-state index >= 15 is 0 Å². The average Bonchev–Trinajstić information content (AvgIpc) is 2.97. The highest BCUT2D eigenvalue weighted by atomic mass is 16.3. The van der Waals surface area contributed by atoms with Crippen LogP contribution in [-0.4, -0.2) is 192 Å². The maximum absolute atomic E-state index is 10.9. The Kier molecular flexibility index (Phi) is 25.6. The molecule has 0 aliphatic heterocycles. The maximum atomic E-state index is 10.9. The van der Waals surface area contributed by atoms with E-state index in [1.54, 1.807) is 0 Å². The average molecular weight is 605 g/mol. The van der Waals surface area contributed by atoms with Gasteiger partial charge in [0.1, 0.15) is 0 Å². The van der Waals surface area contributed by atoms with Crippen molar-refractivity contribution in [3.05, 3.63) is 0 Å². The summed E-state index contributed by atoms with van der Waals surface area (Å²) in [5, 5.41) is 43.4. The number of unbranched alkanes of at least 4 members (excludes halogenated alkanes) is 1. The third kappa shape index (κ3) is 19.8. The fraction of sp³-hybridized carbons (Fsp3) is 1.00. The smallest absolute Gasteiger partial charge is 0.0793 e. The minimum atomic E-state index is -0.465. The normalized spacial score (nSPS) is 15.6. The van der Waals surface area contributed by atoms with Gasteiger partial charge in [-0.3, -0.25) is 9.80 Å². The van der Waals surface area contributed by atoms with E-state index in [9.17, 15) is 20.4 Å². The van der Waals surface area contributed by atoms with E-state index in [0.717, 1.165) is 78.3 Å². The van der Waals surface area contributed by atoms with Crippen molar-refractivity contribution in [2.75, 3.05) is 118 Å². The molecule has 0 saturated heterocycles. The summed E-state index contributed by atoms with van der Waals surface area (Å²) in [7, 11) is 0. The lowest BCUT2D eigenvalue weighted by Crippen LogP contribution is -2.46. The van der Waals surface area contributed by atoms with Crippen LogP contribution in [0.1, 0.15) is 68.2 Å². The van der Waals surface area contributed by atoms with Crippen molar-refractivity contribution in [1.82, 2.24) is 29.4 Å². The first-order valence-electron chi connectivity index (χ1n) is 17.1. The van der Waals surface area contributed by atoms with E-state index in [1.165, 1.54) is 0 Å². The predicted octanol–water partition coefficient (Wildman–Crippen LogP) is 1.18. The van der Waals surface area contributed by atoms with Gasteiger partial charge in [-0.25, -0.2) is 0 Å². The van der Waals surface area contributed by atoms with Crippen LogP contribution in [0.15, 0.2) is 0 Å². The number of aliphatic hydroxyl groups is 4. The molecular weight excluding hydrogens is 532 g/mol. The summed E-state index contributed by atoms with van der Waals surface area (Å²) < 4.78 is 0. The zero-order chi connectivity index (χ0) is 31.9. The molecule has 0 aliphatic carbocycles. The Morgan fingerprint density at radius 2 is 0.476 bits per heavy atom. The van der Waals surface area contributed by atoms with Crippen LogP contribution in [0, 0.1) is 0 Å². The van der Waals surface area contributed by atoms with Crippen molar-refractivity contribution in [1.29, 1.82) is 0 Å². The SMILES string of the molecule is CCN(CC)CC(O)CN(CCCCN(CC(O)CN(CC)CC)CC(O)CN(CC)CC)CC(O)CN(CC)CC. The van der Waals surface area contributed by atoms with Gasteiger partial charge in [0.15, 0.2) is 0 Å². The van der Waals surface area contributed by atoms with E-state index in [-0.39, 0.29) is 0 Å². The number of hydrogen-bond donors (Lipinski definition) is 4. The van der Waals surface area contributed by atoms with Crippen LogP contribution >= 0.6 is 0 Å². The monoisotopic (exact) mass is 605 g/mol. The molecule has 42 heavy (non-hydrogen) atoms. The summed E-state index contributed by atoms with van der Waals surface area (Å²) in [6.45, 7) is 30.5. The zero-order valence-electron chi connectivity index (χ0n) is 28.9. The second kappa shape index (κ2) is 25.9. The molecule has 0 aromatic rings.